The number of amides is 1. The van der Waals surface area contributed by atoms with Gasteiger partial charge < -0.3 is 9.88 Å². The molecule has 0 atom stereocenters. The first-order chi connectivity index (χ1) is 8.70. The molecule has 0 radical (unpaired) electrons. The molecule has 0 aliphatic carbocycles. The van der Waals surface area contributed by atoms with Gasteiger partial charge in [-0.2, -0.15) is 13.2 Å². The molecule has 1 N–H and O–H groups in total. The summed E-state index contributed by atoms with van der Waals surface area (Å²) in [7, 11) is 0. The van der Waals surface area contributed by atoms with E-state index in [1.807, 2.05) is 13.8 Å². The zero-order valence-electron chi connectivity index (χ0n) is 10.7. The fourth-order valence-corrected chi connectivity index (χ4v) is 2.07. The van der Waals surface area contributed by atoms with E-state index in [0.29, 0.717) is 5.69 Å². The Morgan fingerprint density at radius 1 is 1.47 bits per heavy atom. The molecule has 7 heteroatoms. The van der Waals surface area contributed by atoms with Crippen LogP contribution in [0.15, 0.2) is 16.7 Å². The SMILES string of the molecule is CC(C)n1cc(Br)cc1C(=O)NCCCC(F)(F)F. The molecule has 3 nitrogen and oxygen atoms in total. The van der Waals surface area contributed by atoms with E-state index in [9.17, 15) is 18.0 Å². The van der Waals surface area contributed by atoms with Crippen molar-refractivity contribution in [3.63, 3.8) is 0 Å². The Morgan fingerprint density at radius 3 is 2.63 bits per heavy atom. The topological polar surface area (TPSA) is 34.0 Å². The van der Waals surface area contributed by atoms with E-state index in [-0.39, 0.29) is 24.9 Å². The Labute approximate surface area is 118 Å². The largest absolute Gasteiger partial charge is 0.389 e. The molecule has 1 rings (SSSR count). The molecule has 0 saturated carbocycles. The van der Waals surface area contributed by atoms with Crippen molar-refractivity contribution in [1.82, 2.24) is 9.88 Å². The third kappa shape index (κ3) is 5.26. The summed E-state index contributed by atoms with van der Waals surface area (Å²) in [5, 5.41) is 2.50. The molecule has 108 valence electrons. The van der Waals surface area contributed by atoms with Crippen LogP contribution in [0, 0.1) is 0 Å². The van der Waals surface area contributed by atoms with Gasteiger partial charge in [-0.15, -0.1) is 0 Å². The van der Waals surface area contributed by atoms with Gasteiger partial charge >= 0.3 is 6.18 Å². The zero-order valence-corrected chi connectivity index (χ0v) is 12.3. The van der Waals surface area contributed by atoms with Gasteiger partial charge in [-0.1, -0.05) is 0 Å². The van der Waals surface area contributed by atoms with Gasteiger partial charge in [0.05, 0.1) is 0 Å². The highest BCUT2D eigenvalue weighted by Crippen LogP contribution is 2.21. The lowest BCUT2D eigenvalue weighted by Gasteiger charge is -2.13. The van der Waals surface area contributed by atoms with Gasteiger partial charge in [0.25, 0.3) is 5.91 Å². The highest BCUT2D eigenvalue weighted by molar-refractivity contribution is 9.10. The van der Waals surface area contributed by atoms with Gasteiger partial charge in [0.15, 0.2) is 0 Å². The molecule has 0 unspecified atom stereocenters. The average molecular weight is 341 g/mol. The Morgan fingerprint density at radius 2 is 2.11 bits per heavy atom. The van der Waals surface area contributed by atoms with E-state index >= 15 is 0 Å². The van der Waals surface area contributed by atoms with Gasteiger partial charge in [-0.05, 0) is 42.3 Å². The second-order valence-corrected chi connectivity index (χ2v) is 5.43. The predicted octanol–water partition coefficient (Wildman–Crippen LogP) is 3.90. The number of hydrogen-bond acceptors (Lipinski definition) is 1. The molecule has 19 heavy (non-hydrogen) atoms. The van der Waals surface area contributed by atoms with Crippen LogP contribution in [0.1, 0.15) is 43.2 Å². The maximum absolute atomic E-state index is 12.0. The standard InChI is InChI=1S/C12H16BrF3N2O/c1-8(2)18-7-9(13)6-10(18)11(19)17-5-3-4-12(14,15)16/h6-8H,3-5H2,1-2H3,(H,17,19). The van der Waals surface area contributed by atoms with E-state index < -0.39 is 12.6 Å². The van der Waals surface area contributed by atoms with Crippen molar-refractivity contribution in [2.45, 2.75) is 38.9 Å². The molecular formula is C12H16BrF3N2O. The molecule has 0 aliphatic rings. The van der Waals surface area contributed by atoms with E-state index in [4.69, 9.17) is 0 Å². The first-order valence-corrected chi connectivity index (χ1v) is 6.72. The highest BCUT2D eigenvalue weighted by atomic mass is 79.9. The molecule has 1 amide bonds. The summed E-state index contributed by atoms with van der Waals surface area (Å²) >= 11 is 3.28. The lowest BCUT2D eigenvalue weighted by Crippen LogP contribution is -2.28. The maximum atomic E-state index is 12.0. The Bertz CT molecular complexity index is 441. The summed E-state index contributed by atoms with van der Waals surface area (Å²) in [5.41, 5.74) is 0.439. The predicted molar refractivity (Wildman–Crippen MR) is 70.1 cm³/mol. The fraction of sp³-hybridized carbons (Fsp3) is 0.583. The van der Waals surface area contributed by atoms with Crippen molar-refractivity contribution in [2.75, 3.05) is 6.54 Å². The minimum absolute atomic E-state index is 0.0131. The van der Waals surface area contributed by atoms with Crippen LogP contribution in [-0.2, 0) is 0 Å². The van der Waals surface area contributed by atoms with Crippen LogP contribution in [-0.4, -0.2) is 23.2 Å². The van der Waals surface area contributed by atoms with Crippen molar-refractivity contribution < 1.29 is 18.0 Å². The third-order valence-electron chi connectivity index (χ3n) is 2.53. The Balaban J connectivity index is 2.54. The number of nitrogens with zero attached hydrogens (tertiary/aromatic N) is 1. The number of alkyl halides is 3. The normalized spacial score (nSPS) is 11.9. The number of rotatable bonds is 5. The summed E-state index contributed by atoms with van der Waals surface area (Å²) in [4.78, 5) is 11.9. The molecule has 0 aliphatic heterocycles. The van der Waals surface area contributed by atoms with Crippen LogP contribution in [0.2, 0.25) is 0 Å². The summed E-state index contributed by atoms with van der Waals surface area (Å²) in [6.45, 7) is 3.86. The summed E-state index contributed by atoms with van der Waals surface area (Å²) in [6.07, 6.45) is -3.40. The number of aromatic nitrogens is 1. The first-order valence-electron chi connectivity index (χ1n) is 5.93. The highest BCUT2D eigenvalue weighted by Gasteiger charge is 2.26. The number of carbonyl (C=O) groups is 1. The van der Waals surface area contributed by atoms with Crippen LogP contribution in [0.3, 0.4) is 0 Å². The molecule has 0 fully saturated rings. The minimum atomic E-state index is -4.17. The number of hydrogen-bond donors (Lipinski definition) is 1. The summed E-state index contributed by atoms with van der Waals surface area (Å²) in [5.74, 6) is -0.360. The molecule has 1 heterocycles. The molecule has 1 aromatic heterocycles. The van der Waals surface area contributed by atoms with E-state index in [1.165, 1.54) is 0 Å². The second-order valence-electron chi connectivity index (χ2n) is 4.52. The lowest BCUT2D eigenvalue weighted by molar-refractivity contribution is -0.135. The van der Waals surface area contributed by atoms with Gasteiger partial charge in [0.2, 0.25) is 0 Å². The van der Waals surface area contributed by atoms with Crippen LogP contribution < -0.4 is 5.32 Å². The van der Waals surface area contributed by atoms with E-state index in [1.54, 1.807) is 16.8 Å². The Kier molecular flexibility index (Phi) is 5.46. The van der Waals surface area contributed by atoms with Crippen LogP contribution in [0.5, 0.6) is 0 Å². The van der Waals surface area contributed by atoms with Gasteiger partial charge in [-0.3, -0.25) is 4.79 Å². The quantitative estimate of drug-likeness (QED) is 0.810. The van der Waals surface area contributed by atoms with Gasteiger partial charge in [-0.25, -0.2) is 0 Å². The zero-order chi connectivity index (χ0) is 14.6. The monoisotopic (exact) mass is 340 g/mol. The number of nitrogens with one attached hydrogen (secondary N) is 1. The van der Waals surface area contributed by atoms with E-state index in [0.717, 1.165) is 4.47 Å². The van der Waals surface area contributed by atoms with Crippen molar-refractivity contribution >= 4 is 21.8 Å². The van der Waals surface area contributed by atoms with Crippen molar-refractivity contribution in [3.05, 3.63) is 22.4 Å². The van der Waals surface area contributed by atoms with Gasteiger partial charge in [0, 0.05) is 29.7 Å². The van der Waals surface area contributed by atoms with E-state index in [2.05, 4.69) is 21.2 Å². The minimum Gasteiger partial charge on any atom is -0.351 e. The summed E-state index contributed by atoms with van der Waals surface area (Å²) in [6, 6.07) is 1.75. The summed E-state index contributed by atoms with van der Waals surface area (Å²) < 4.78 is 38.4. The smallest absolute Gasteiger partial charge is 0.351 e. The molecule has 0 aromatic carbocycles. The van der Waals surface area contributed by atoms with Crippen LogP contribution >= 0.6 is 15.9 Å². The first kappa shape index (κ1) is 16.1. The van der Waals surface area contributed by atoms with Crippen molar-refractivity contribution in [1.29, 1.82) is 0 Å². The molecule has 0 spiro atoms. The lowest BCUT2D eigenvalue weighted by atomic mass is 10.3. The molecular weight excluding hydrogens is 325 g/mol. The average Bonchev–Trinajstić information content (AvgIpc) is 2.65. The van der Waals surface area contributed by atoms with Crippen LogP contribution in [0.4, 0.5) is 13.2 Å². The van der Waals surface area contributed by atoms with Gasteiger partial charge in [0.1, 0.15) is 5.69 Å². The van der Waals surface area contributed by atoms with Crippen molar-refractivity contribution in [3.8, 4) is 0 Å². The molecule has 0 bridgehead atoms. The maximum Gasteiger partial charge on any atom is 0.389 e. The molecule has 1 aromatic rings. The van der Waals surface area contributed by atoms with Crippen LogP contribution in [0.25, 0.3) is 0 Å². The number of halogens is 4. The third-order valence-corrected chi connectivity index (χ3v) is 2.96. The molecule has 0 saturated heterocycles. The second kappa shape index (κ2) is 6.45. The Hall–Kier alpha value is -0.980. The number of carbonyl (C=O) groups excluding carboxylic acids is 1. The fourth-order valence-electron chi connectivity index (χ4n) is 1.64. The van der Waals surface area contributed by atoms with Crippen molar-refractivity contribution in [2.24, 2.45) is 0 Å².